The van der Waals surface area contributed by atoms with Gasteiger partial charge in [0.2, 0.25) is 0 Å². The van der Waals surface area contributed by atoms with Crippen molar-refractivity contribution in [2.45, 2.75) is 6.92 Å². The predicted molar refractivity (Wildman–Crippen MR) is 71.1 cm³/mol. The van der Waals surface area contributed by atoms with Crippen LogP contribution < -0.4 is 5.32 Å². The van der Waals surface area contributed by atoms with Gasteiger partial charge in [0, 0.05) is 16.2 Å². The standard InChI is InChI=1S/C13H11BrN2O/c1-9-4-2-3-5-11(9)13(17)16-12-8-10(14)6-7-15-12/h2-8H,1H3,(H,15,16,17). The first-order valence-corrected chi connectivity index (χ1v) is 5.94. The van der Waals surface area contributed by atoms with E-state index >= 15 is 0 Å². The first-order valence-electron chi connectivity index (χ1n) is 5.15. The van der Waals surface area contributed by atoms with Gasteiger partial charge in [-0.05, 0) is 30.7 Å². The minimum absolute atomic E-state index is 0.145. The first-order chi connectivity index (χ1) is 8.16. The summed E-state index contributed by atoms with van der Waals surface area (Å²) in [5.41, 5.74) is 1.61. The molecular weight excluding hydrogens is 280 g/mol. The molecule has 0 spiro atoms. The molecule has 17 heavy (non-hydrogen) atoms. The molecule has 0 bridgehead atoms. The van der Waals surface area contributed by atoms with Gasteiger partial charge in [-0.3, -0.25) is 4.79 Å². The van der Waals surface area contributed by atoms with E-state index in [1.807, 2.05) is 31.2 Å². The molecule has 1 aromatic carbocycles. The van der Waals surface area contributed by atoms with Crippen LogP contribution in [-0.2, 0) is 0 Å². The number of carbonyl (C=O) groups excluding carboxylic acids is 1. The van der Waals surface area contributed by atoms with E-state index in [2.05, 4.69) is 26.2 Å². The van der Waals surface area contributed by atoms with Crippen LogP contribution in [0.2, 0.25) is 0 Å². The molecule has 0 fully saturated rings. The maximum atomic E-state index is 12.0. The number of benzene rings is 1. The van der Waals surface area contributed by atoms with Crippen LogP contribution in [0.5, 0.6) is 0 Å². The minimum Gasteiger partial charge on any atom is -0.307 e. The van der Waals surface area contributed by atoms with E-state index in [4.69, 9.17) is 0 Å². The van der Waals surface area contributed by atoms with Crippen molar-refractivity contribution >= 4 is 27.7 Å². The Morgan fingerprint density at radius 1 is 1.29 bits per heavy atom. The van der Waals surface area contributed by atoms with E-state index in [0.717, 1.165) is 10.0 Å². The number of carbonyl (C=O) groups is 1. The zero-order chi connectivity index (χ0) is 12.3. The summed E-state index contributed by atoms with van der Waals surface area (Å²) in [6.07, 6.45) is 1.64. The molecule has 0 unspecified atom stereocenters. The third-order valence-electron chi connectivity index (χ3n) is 2.35. The SMILES string of the molecule is Cc1ccccc1C(=O)Nc1cc(Br)ccn1. The highest BCUT2D eigenvalue weighted by molar-refractivity contribution is 9.10. The number of anilines is 1. The largest absolute Gasteiger partial charge is 0.307 e. The van der Waals surface area contributed by atoms with Crippen LogP contribution in [-0.4, -0.2) is 10.9 Å². The van der Waals surface area contributed by atoms with Crippen LogP contribution in [0, 0.1) is 6.92 Å². The third-order valence-corrected chi connectivity index (χ3v) is 2.85. The van der Waals surface area contributed by atoms with Crippen molar-refractivity contribution in [2.24, 2.45) is 0 Å². The molecule has 86 valence electrons. The van der Waals surface area contributed by atoms with Crippen LogP contribution in [0.15, 0.2) is 47.1 Å². The summed E-state index contributed by atoms with van der Waals surface area (Å²) in [5, 5.41) is 2.76. The molecule has 3 nitrogen and oxygen atoms in total. The van der Waals surface area contributed by atoms with Gasteiger partial charge in [-0.15, -0.1) is 0 Å². The van der Waals surface area contributed by atoms with E-state index in [-0.39, 0.29) is 5.91 Å². The summed E-state index contributed by atoms with van der Waals surface area (Å²) < 4.78 is 0.882. The van der Waals surface area contributed by atoms with Gasteiger partial charge >= 0.3 is 0 Å². The van der Waals surface area contributed by atoms with E-state index in [1.54, 1.807) is 18.3 Å². The Kier molecular flexibility index (Phi) is 3.54. The zero-order valence-electron chi connectivity index (χ0n) is 9.27. The van der Waals surface area contributed by atoms with Crippen molar-refractivity contribution in [3.05, 3.63) is 58.2 Å². The Morgan fingerprint density at radius 3 is 2.76 bits per heavy atom. The lowest BCUT2D eigenvalue weighted by Gasteiger charge is -2.06. The number of hydrogen-bond acceptors (Lipinski definition) is 2. The molecule has 0 aliphatic rings. The van der Waals surface area contributed by atoms with E-state index in [1.165, 1.54) is 0 Å². The summed E-state index contributed by atoms with van der Waals surface area (Å²) >= 11 is 3.33. The van der Waals surface area contributed by atoms with Crippen molar-refractivity contribution in [3.8, 4) is 0 Å². The number of amides is 1. The Labute approximate surface area is 108 Å². The molecule has 0 aliphatic carbocycles. The summed E-state index contributed by atoms with van der Waals surface area (Å²) in [4.78, 5) is 16.1. The molecule has 2 aromatic rings. The van der Waals surface area contributed by atoms with Crippen LogP contribution in [0.1, 0.15) is 15.9 Å². The fourth-order valence-corrected chi connectivity index (χ4v) is 1.82. The van der Waals surface area contributed by atoms with Crippen molar-refractivity contribution in [3.63, 3.8) is 0 Å². The summed E-state index contributed by atoms with van der Waals surface area (Å²) in [5.74, 6) is 0.390. The van der Waals surface area contributed by atoms with Crippen LogP contribution in [0.25, 0.3) is 0 Å². The zero-order valence-corrected chi connectivity index (χ0v) is 10.9. The highest BCUT2D eigenvalue weighted by Crippen LogP contribution is 2.14. The fourth-order valence-electron chi connectivity index (χ4n) is 1.48. The molecule has 2 rings (SSSR count). The number of pyridine rings is 1. The van der Waals surface area contributed by atoms with Gasteiger partial charge in [-0.1, -0.05) is 34.1 Å². The van der Waals surface area contributed by atoms with Gasteiger partial charge in [0.25, 0.3) is 5.91 Å². The lowest BCUT2D eigenvalue weighted by Crippen LogP contribution is -2.14. The van der Waals surface area contributed by atoms with Crippen LogP contribution >= 0.6 is 15.9 Å². The van der Waals surface area contributed by atoms with Crippen molar-refractivity contribution in [1.82, 2.24) is 4.98 Å². The van der Waals surface area contributed by atoms with Crippen molar-refractivity contribution < 1.29 is 4.79 Å². The third kappa shape index (κ3) is 2.91. The number of aryl methyl sites for hydroxylation is 1. The topological polar surface area (TPSA) is 42.0 Å². The second-order valence-corrected chi connectivity index (χ2v) is 4.54. The molecule has 1 heterocycles. The average molecular weight is 291 g/mol. The van der Waals surface area contributed by atoms with Gasteiger partial charge in [-0.25, -0.2) is 4.98 Å². The van der Waals surface area contributed by atoms with E-state index in [9.17, 15) is 4.79 Å². The van der Waals surface area contributed by atoms with Gasteiger partial charge in [0.15, 0.2) is 0 Å². The van der Waals surface area contributed by atoms with Crippen molar-refractivity contribution in [2.75, 3.05) is 5.32 Å². The van der Waals surface area contributed by atoms with E-state index in [0.29, 0.717) is 11.4 Å². The maximum Gasteiger partial charge on any atom is 0.257 e. The number of hydrogen-bond donors (Lipinski definition) is 1. The fraction of sp³-hybridized carbons (Fsp3) is 0.0769. The van der Waals surface area contributed by atoms with Crippen molar-refractivity contribution in [1.29, 1.82) is 0 Å². The molecule has 0 radical (unpaired) electrons. The monoisotopic (exact) mass is 290 g/mol. The predicted octanol–water partition coefficient (Wildman–Crippen LogP) is 3.40. The molecule has 4 heteroatoms. The summed E-state index contributed by atoms with van der Waals surface area (Å²) in [7, 11) is 0. The molecule has 0 aliphatic heterocycles. The highest BCUT2D eigenvalue weighted by Gasteiger charge is 2.08. The number of halogens is 1. The Morgan fingerprint density at radius 2 is 2.06 bits per heavy atom. The van der Waals surface area contributed by atoms with Gasteiger partial charge in [0.05, 0.1) is 0 Å². The van der Waals surface area contributed by atoms with Crippen LogP contribution in [0.3, 0.4) is 0 Å². The van der Waals surface area contributed by atoms with E-state index < -0.39 is 0 Å². The molecule has 1 aromatic heterocycles. The summed E-state index contributed by atoms with van der Waals surface area (Å²) in [6, 6.07) is 11.0. The first kappa shape index (κ1) is 11.8. The number of rotatable bonds is 2. The Balaban J connectivity index is 2.20. The van der Waals surface area contributed by atoms with Crippen LogP contribution in [0.4, 0.5) is 5.82 Å². The Hall–Kier alpha value is -1.68. The smallest absolute Gasteiger partial charge is 0.257 e. The lowest BCUT2D eigenvalue weighted by molar-refractivity contribution is 0.102. The van der Waals surface area contributed by atoms with Gasteiger partial charge in [0.1, 0.15) is 5.82 Å². The molecular formula is C13H11BrN2O. The number of aromatic nitrogens is 1. The average Bonchev–Trinajstić information content (AvgIpc) is 2.29. The number of nitrogens with one attached hydrogen (secondary N) is 1. The minimum atomic E-state index is -0.145. The Bertz CT molecular complexity index is 555. The molecule has 1 amide bonds. The highest BCUT2D eigenvalue weighted by atomic mass is 79.9. The summed E-state index contributed by atoms with van der Waals surface area (Å²) in [6.45, 7) is 1.91. The lowest BCUT2D eigenvalue weighted by atomic mass is 10.1. The maximum absolute atomic E-state index is 12.0. The molecule has 0 atom stereocenters. The normalized spacial score (nSPS) is 10.0. The second kappa shape index (κ2) is 5.10. The quantitative estimate of drug-likeness (QED) is 0.921. The van der Waals surface area contributed by atoms with Gasteiger partial charge < -0.3 is 5.32 Å². The molecule has 1 N–H and O–H groups in total. The number of nitrogens with zero attached hydrogens (tertiary/aromatic N) is 1. The molecule has 0 saturated heterocycles. The molecule has 0 saturated carbocycles. The van der Waals surface area contributed by atoms with Gasteiger partial charge in [-0.2, -0.15) is 0 Å². The second-order valence-electron chi connectivity index (χ2n) is 3.63.